The number of β-amino-alcohol motifs (C(OH)–C–C–N with tert-alkyl or cyclic N) is 1. The second-order valence-corrected chi connectivity index (χ2v) is 7.10. The number of phenols is 1. The van der Waals surface area contributed by atoms with E-state index in [1.54, 1.807) is 11.0 Å². The van der Waals surface area contributed by atoms with Crippen molar-refractivity contribution in [2.24, 2.45) is 0 Å². The number of aliphatic hydroxyl groups is 1. The number of nitrogens with one attached hydrogen (secondary N) is 1. The van der Waals surface area contributed by atoms with Crippen LogP contribution in [-0.4, -0.2) is 44.4 Å². The van der Waals surface area contributed by atoms with Crippen molar-refractivity contribution < 1.29 is 15.0 Å². The molecule has 1 atom stereocenters. The van der Waals surface area contributed by atoms with E-state index in [0.717, 1.165) is 23.1 Å². The van der Waals surface area contributed by atoms with Crippen LogP contribution in [0, 0.1) is 6.92 Å². The lowest BCUT2D eigenvalue weighted by Crippen LogP contribution is -2.32. The van der Waals surface area contributed by atoms with Gasteiger partial charge >= 0.3 is 0 Å². The van der Waals surface area contributed by atoms with Gasteiger partial charge in [-0.25, -0.2) is 0 Å². The topological polar surface area (TPSA) is 89.5 Å². The molecule has 1 amide bonds. The predicted molar refractivity (Wildman–Crippen MR) is 106 cm³/mol. The fourth-order valence-electron chi connectivity index (χ4n) is 3.86. The molecule has 0 bridgehead atoms. The van der Waals surface area contributed by atoms with Gasteiger partial charge in [-0.15, -0.1) is 0 Å². The standard InChI is InChI=1S/C22H23N3O3/c1-3-14-5-7-15(8-6-14)21-18-19(16-12-13(2)4-9-17(16)27)23-24-20(18)22(28)25(21)10-11-26/h4-9,12,21,26-27H,3,10-11H2,1-2H3,(H,23,24)/t21-/m1/s1. The third-order valence-electron chi connectivity index (χ3n) is 5.32. The number of H-pyrrole nitrogens is 1. The number of rotatable bonds is 5. The molecule has 0 spiro atoms. The monoisotopic (exact) mass is 377 g/mol. The minimum Gasteiger partial charge on any atom is -0.507 e. The van der Waals surface area contributed by atoms with Gasteiger partial charge in [-0.1, -0.05) is 42.8 Å². The first kappa shape index (κ1) is 18.3. The van der Waals surface area contributed by atoms with Gasteiger partial charge in [0.15, 0.2) is 0 Å². The molecule has 4 rings (SSSR count). The number of benzene rings is 2. The lowest BCUT2D eigenvalue weighted by atomic mass is 9.94. The van der Waals surface area contributed by atoms with Crippen molar-refractivity contribution in [1.82, 2.24) is 15.1 Å². The zero-order valence-corrected chi connectivity index (χ0v) is 15.9. The number of fused-ring (bicyclic) bond motifs is 1. The van der Waals surface area contributed by atoms with E-state index in [4.69, 9.17) is 0 Å². The molecule has 1 aliphatic rings. The fraction of sp³-hybridized carbons (Fsp3) is 0.273. The summed E-state index contributed by atoms with van der Waals surface area (Å²) in [5.41, 5.74) is 5.46. The second-order valence-electron chi connectivity index (χ2n) is 7.10. The normalized spacial score (nSPS) is 15.9. The van der Waals surface area contributed by atoms with Crippen molar-refractivity contribution in [3.8, 4) is 17.0 Å². The molecule has 0 saturated carbocycles. The molecule has 0 saturated heterocycles. The Balaban J connectivity index is 1.90. The number of hydrogen-bond donors (Lipinski definition) is 3. The first-order valence-electron chi connectivity index (χ1n) is 9.44. The number of phenolic OH excluding ortho intramolecular Hbond substituents is 1. The van der Waals surface area contributed by atoms with Crippen molar-refractivity contribution in [2.75, 3.05) is 13.2 Å². The highest BCUT2D eigenvalue weighted by Crippen LogP contribution is 2.44. The van der Waals surface area contributed by atoms with Gasteiger partial charge in [-0.2, -0.15) is 5.10 Å². The molecule has 3 aromatic rings. The summed E-state index contributed by atoms with van der Waals surface area (Å²) in [7, 11) is 0. The van der Waals surface area contributed by atoms with E-state index in [1.807, 2.05) is 31.2 Å². The molecule has 2 heterocycles. The fourth-order valence-corrected chi connectivity index (χ4v) is 3.86. The Morgan fingerprint density at radius 1 is 1.18 bits per heavy atom. The Bertz CT molecular complexity index is 1020. The molecular weight excluding hydrogens is 354 g/mol. The molecule has 0 fully saturated rings. The molecule has 0 radical (unpaired) electrons. The van der Waals surface area contributed by atoms with Gasteiger partial charge in [-0.05, 0) is 36.6 Å². The highest BCUT2D eigenvalue weighted by Gasteiger charge is 2.42. The maximum Gasteiger partial charge on any atom is 0.273 e. The van der Waals surface area contributed by atoms with Crippen LogP contribution in [0.2, 0.25) is 0 Å². The molecule has 3 N–H and O–H groups in total. The summed E-state index contributed by atoms with van der Waals surface area (Å²) in [6.45, 7) is 4.14. The molecule has 2 aromatic carbocycles. The number of carbonyl (C=O) groups excluding carboxylic acids is 1. The highest BCUT2D eigenvalue weighted by atomic mass is 16.3. The first-order chi connectivity index (χ1) is 13.5. The number of aryl methyl sites for hydroxylation is 2. The van der Waals surface area contributed by atoms with Gasteiger partial charge in [0, 0.05) is 17.7 Å². The zero-order chi connectivity index (χ0) is 19.8. The second kappa shape index (κ2) is 7.13. The number of aromatic nitrogens is 2. The van der Waals surface area contributed by atoms with E-state index in [0.29, 0.717) is 17.0 Å². The Hall–Kier alpha value is -3.12. The van der Waals surface area contributed by atoms with Crippen molar-refractivity contribution in [3.05, 3.63) is 70.4 Å². The minimum absolute atomic E-state index is 0.119. The quantitative estimate of drug-likeness (QED) is 0.637. The molecule has 0 unspecified atom stereocenters. The maximum absolute atomic E-state index is 13.0. The van der Waals surface area contributed by atoms with Gasteiger partial charge in [0.2, 0.25) is 0 Å². The van der Waals surface area contributed by atoms with E-state index < -0.39 is 0 Å². The molecular formula is C22H23N3O3. The summed E-state index contributed by atoms with van der Waals surface area (Å²) in [4.78, 5) is 14.6. The molecule has 1 aromatic heterocycles. The summed E-state index contributed by atoms with van der Waals surface area (Å²) in [5, 5.41) is 27.1. The number of aromatic hydroxyl groups is 1. The number of carbonyl (C=O) groups is 1. The van der Waals surface area contributed by atoms with Crippen molar-refractivity contribution in [2.45, 2.75) is 26.3 Å². The number of hydrogen-bond acceptors (Lipinski definition) is 4. The lowest BCUT2D eigenvalue weighted by molar-refractivity contribution is 0.0706. The van der Waals surface area contributed by atoms with Crippen LogP contribution in [0.1, 0.15) is 45.7 Å². The van der Waals surface area contributed by atoms with Crippen molar-refractivity contribution >= 4 is 5.91 Å². The van der Waals surface area contributed by atoms with Crippen molar-refractivity contribution in [3.63, 3.8) is 0 Å². The minimum atomic E-state index is -0.366. The Kier molecular flexibility index (Phi) is 4.65. The number of nitrogens with zero attached hydrogens (tertiary/aromatic N) is 2. The van der Waals surface area contributed by atoms with Crippen LogP contribution in [0.4, 0.5) is 0 Å². The van der Waals surface area contributed by atoms with Crippen LogP contribution in [-0.2, 0) is 6.42 Å². The Labute approximate surface area is 163 Å². The van der Waals surface area contributed by atoms with Crippen molar-refractivity contribution in [1.29, 1.82) is 0 Å². The first-order valence-corrected chi connectivity index (χ1v) is 9.44. The molecule has 6 heteroatoms. The van der Waals surface area contributed by atoms with Gasteiger partial charge < -0.3 is 15.1 Å². The van der Waals surface area contributed by atoms with Gasteiger partial charge in [0.05, 0.1) is 12.6 Å². The molecule has 28 heavy (non-hydrogen) atoms. The summed E-state index contributed by atoms with van der Waals surface area (Å²) in [5.74, 6) is -0.0763. The number of aromatic amines is 1. The van der Waals surface area contributed by atoms with Crippen LogP contribution in [0.3, 0.4) is 0 Å². The molecule has 6 nitrogen and oxygen atoms in total. The van der Waals surface area contributed by atoms with Gasteiger partial charge in [0.1, 0.15) is 17.1 Å². The third kappa shape index (κ3) is 2.86. The van der Waals surface area contributed by atoms with E-state index in [9.17, 15) is 15.0 Å². The Morgan fingerprint density at radius 2 is 1.93 bits per heavy atom. The van der Waals surface area contributed by atoms with Gasteiger partial charge in [0.25, 0.3) is 5.91 Å². The molecule has 0 aliphatic carbocycles. The molecule has 144 valence electrons. The smallest absolute Gasteiger partial charge is 0.273 e. The van der Waals surface area contributed by atoms with E-state index in [1.165, 1.54) is 5.56 Å². The highest BCUT2D eigenvalue weighted by molar-refractivity contribution is 6.00. The van der Waals surface area contributed by atoms with E-state index in [2.05, 4.69) is 29.3 Å². The SMILES string of the molecule is CCc1ccc([C@@H]2c3c(-c4cc(C)ccc4O)n[nH]c3C(=O)N2CCO)cc1. The van der Waals surface area contributed by atoms with Gasteiger partial charge in [-0.3, -0.25) is 9.89 Å². The average Bonchev–Trinajstić information content (AvgIpc) is 3.24. The average molecular weight is 377 g/mol. The van der Waals surface area contributed by atoms with Crippen LogP contribution in [0.25, 0.3) is 11.3 Å². The van der Waals surface area contributed by atoms with Crippen LogP contribution >= 0.6 is 0 Å². The summed E-state index contributed by atoms with van der Waals surface area (Å²) < 4.78 is 0. The number of amides is 1. The largest absolute Gasteiger partial charge is 0.507 e. The van der Waals surface area contributed by atoms with Crippen LogP contribution in [0.15, 0.2) is 42.5 Å². The summed E-state index contributed by atoms with van der Waals surface area (Å²) in [6.07, 6.45) is 0.934. The predicted octanol–water partition coefficient (Wildman–Crippen LogP) is 3.19. The number of aliphatic hydroxyl groups excluding tert-OH is 1. The van der Waals surface area contributed by atoms with Crippen LogP contribution < -0.4 is 0 Å². The summed E-state index contributed by atoms with van der Waals surface area (Å²) >= 11 is 0. The maximum atomic E-state index is 13.0. The Morgan fingerprint density at radius 3 is 2.61 bits per heavy atom. The molecule has 1 aliphatic heterocycles. The van der Waals surface area contributed by atoms with E-state index in [-0.39, 0.29) is 30.9 Å². The summed E-state index contributed by atoms with van der Waals surface area (Å²) in [6, 6.07) is 13.1. The van der Waals surface area contributed by atoms with E-state index >= 15 is 0 Å². The van der Waals surface area contributed by atoms with Crippen LogP contribution in [0.5, 0.6) is 5.75 Å². The zero-order valence-electron chi connectivity index (χ0n) is 15.9. The lowest BCUT2D eigenvalue weighted by Gasteiger charge is -2.26. The third-order valence-corrected chi connectivity index (χ3v) is 5.32.